The largest absolute Gasteiger partial charge is 0.453 e. The minimum absolute atomic E-state index is 0.127. The zero-order chi connectivity index (χ0) is 19.8. The van der Waals surface area contributed by atoms with E-state index >= 15 is 0 Å². The van der Waals surface area contributed by atoms with Crippen LogP contribution < -0.4 is 10.7 Å². The van der Waals surface area contributed by atoms with Crippen molar-refractivity contribution in [1.82, 2.24) is 0 Å². The molecule has 0 atom stereocenters. The van der Waals surface area contributed by atoms with E-state index in [0.717, 1.165) is 0 Å². The van der Waals surface area contributed by atoms with Gasteiger partial charge in [-0.05, 0) is 36.4 Å². The molecule has 7 nitrogen and oxygen atoms in total. The first-order chi connectivity index (χ1) is 13.4. The van der Waals surface area contributed by atoms with Gasteiger partial charge in [0.25, 0.3) is 11.6 Å². The number of anilines is 1. The smallest absolute Gasteiger partial charge is 0.269 e. The van der Waals surface area contributed by atoms with E-state index in [4.69, 9.17) is 4.42 Å². The van der Waals surface area contributed by atoms with Gasteiger partial charge in [0.05, 0.1) is 15.7 Å². The maximum Gasteiger partial charge on any atom is 0.269 e. The number of carbonyl (C=O) groups excluding carboxylic acids is 1. The molecule has 0 aliphatic carbocycles. The number of nitro benzene ring substituents is 1. The van der Waals surface area contributed by atoms with Gasteiger partial charge in [-0.15, -0.1) is 0 Å². The molecule has 1 amide bonds. The quantitative estimate of drug-likeness (QED) is 0.326. The second-order valence-electron chi connectivity index (χ2n) is 6.02. The Balaban J connectivity index is 1.70. The Kier molecular flexibility index (Phi) is 4.08. The van der Waals surface area contributed by atoms with Gasteiger partial charge in [0, 0.05) is 29.4 Å². The molecule has 4 rings (SSSR count). The number of hydrogen-bond donors (Lipinski definition) is 1. The zero-order valence-corrected chi connectivity index (χ0v) is 14.1. The fraction of sp³-hybridized carbons (Fsp3) is 0. The number of carbonyl (C=O) groups is 1. The third kappa shape index (κ3) is 2.96. The number of nitro groups is 1. The number of nitrogens with one attached hydrogen (secondary N) is 1. The number of fused-ring (bicyclic) bond motifs is 2. The van der Waals surface area contributed by atoms with E-state index in [1.54, 1.807) is 0 Å². The molecule has 0 aliphatic heterocycles. The molecule has 1 heterocycles. The third-order valence-corrected chi connectivity index (χ3v) is 4.25. The summed E-state index contributed by atoms with van der Waals surface area (Å²) in [4.78, 5) is 35.0. The molecule has 3 aromatic carbocycles. The summed E-state index contributed by atoms with van der Waals surface area (Å²) >= 11 is 0. The van der Waals surface area contributed by atoms with E-state index in [1.807, 2.05) is 0 Å². The molecule has 0 saturated heterocycles. The molecule has 0 radical (unpaired) electrons. The second-order valence-corrected chi connectivity index (χ2v) is 6.02. The minimum atomic E-state index is -0.656. The highest BCUT2D eigenvalue weighted by Crippen LogP contribution is 2.24. The van der Waals surface area contributed by atoms with Crippen LogP contribution in [0.5, 0.6) is 0 Å². The van der Waals surface area contributed by atoms with Gasteiger partial charge in [-0.2, -0.15) is 0 Å². The molecule has 0 unspecified atom stereocenters. The summed E-state index contributed by atoms with van der Waals surface area (Å²) in [6, 6.07) is 13.6. The Morgan fingerprint density at radius 2 is 1.79 bits per heavy atom. The maximum absolute atomic E-state index is 14.0. The van der Waals surface area contributed by atoms with Gasteiger partial charge in [-0.1, -0.05) is 6.07 Å². The van der Waals surface area contributed by atoms with Crippen LogP contribution in [0.4, 0.5) is 15.8 Å². The van der Waals surface area contributed by atoms with Crippen LogP contribution in [0.3, 0.4) is 0 Å². The van der Waals surface area contributed by atoms with Crippen LogP contribution in [0, 0.1) is 15.9 Å². The molecular weight excluding hydrogens is 367 g/mol. The normalized spacial score (nSPS) is 10.9. The second kappa shape index (κ2) is 6.58. The van der Waals surface area contributed by atoms with Crippen LogP contribution in [-0.2, 0) is 0 Å². The van der Waals surface area contributed by atoms with Crippen molar-refractivity contribution >= 4 is 39.2 Å². The van der Waals surface area contributed by atoms with Gasteiger partial charge in [0.15, 0.2) is 11.4 Å². The third-order valence-electron chi connectivity index (χ3n) is 4.25. The predicted octanol–water partition coefficient (Wildman–Crippen LogP) is 4.25. The van der Waals surface area contributed by atoms with Crippen LogP contribution in [0.2, 0.25) is 0 Å². The van der Waals surface area contributed by atoms with Crippen molar-refractivity contribution < 1.29 is 18.5 Å². The summed E-state index contributed by atoms with van der Waals surface area (Å²) in [7, 11) is 0. The highest BCUT2D eigenvalue weighted by atomic mass is 19.1. The van der Waals surface area contributed by atoms with Gasteiger partial charge in [0.2, 0.25) is 5.43 Å². The number of non-ortho nitro benzene ring substituents is 1. The summed E-state index contributed by atoms with van der Waals surface area (Å²) in [6.07, 6.45) is 0. The van der Waals surface area contributed by atoms with Crippen LogP contribution in [0.25, 0.3) is 21.9 Å². The van der Waals surface area contributed by atoms with Crippen molar-refractivity contribution in [3.8, 4) is 0 Å². The molecular formula is C20H11FN2O5. The number of hydrogen-bond acceptors (Lipinski definition) is 5. The Morgan fingerprint density at radius 1 is 1.04 bits per heavy atom. The first-order valence-corrected chi connectivity index (χ1v) is 8.15. The van der Waals surface area contributed by atoms with Crippen molar-refractivity contribution in [2.45, 2.75) is 0 Å². The molecule has 4 aromatic rings. The highest BCUT2D eigenvalue weighted by Gasteiger charge is 2.13. The lowest BCUT2D eigenvalue weighted by atomic mass is 10.1. The Bertz CT molecular complexity index is 1310. The van der Waals surface area contributed by atoms with Crippen molar-refractivity contribution in [3.63, 3.8) is 0 Å². The van der Waals surface area contributed by atoms with E-state index < -0.39 is 16.6 Å². The summed E-state index contributed by atoms with van der Waals surface area (Å²) in [5.41, 5.74) is 0.0243. The predicted molar refractivity (Wildman–Crippen MR) is 101 cm³/mol. The number of nitrogens with zero attached hydrogens (tertiary/aromatic N) is 1. The van der Waals surface area contributed by atoms with Crippen LogP contribution in [0.1, 0.15) is 10.4 Å². The average molecular weight is 378 g/mol. The highest BCUT2D eigenvalue weighted by molar-refractivity contribution is 6.05. The van der Waals surface area contributed by atoms with Gasteiger partial charge in [-0.3, -0.25) is 19.7 Å². The Hall–Kier alpha value is -4.07. The number of para-hydroxylation sites is 1. The SMILES string of the molecule is O=C(Nc1ccc2c(=O)c3cccc(F)c3oc2c1)c1ccc([N+](=O)[O-])cc1. The molecule has 8 heteroatoms. The first-order valence-electron chi connectivity index (χ1n) is 8.15. The van der Waals surface area contributed by atoms with E-state index in [2.05, 4.69) is 5.32 Å². The number of benzene rings is 3. The molecule has 0 fully saturated rings. The summed E-state index contributed by atoms with van der Waals surface area (Å²) in [5.74, 6) is -1.15. The van der Waals surface area contributed by atoms with E-state index in [9.17, 15) is 24.1 Å². The zero-order valence-electron chi connectivity index (χ0n) is 14.1. The number of rotatable bonds is 3. The Morgan fingerprint density at radius 3 is 2.50 bits per heavy atom. The fourth-order valence-electron chi connectivity index (χ4n) is 2.86. The number of halogens is 1. The maximum atomic E-state index is 14.0. The topological polar surface area (TPSA) is 102 Å². The lowest BCUT2D eigenvalue weighted by molar-refractivity contribution is -0.384. The molecule has 138 valence electrons. The summed E-state index contributed by atoms with van der Waals surface area (Å²) < 4.78 is 19.5. The monoisotopic (exact) mass is 378 g/mol. The molecule has 28 heavy (non-hydrogen) atoms. The van der Waals surface area contributed by atoms with Crippen molar-refractivity contribution in [2.75, 3.05) is 5.32 Å². The van der Waals surface area contributed by atoms with Crippen LogP contribution in [0.15, 0.2) is 69.9 Å². The van der Waals surface area contributed by atoms with Crippen LogP contribution in [-0.4, -0.2) is 10.8 Å². The molecule has 0 aliphatic rings. The molecule has 1 aromatic heterocycles. The van der Waals surface area contributed by atoms with E-state index in [-0.39, 0.29) is 38.6 Å². The van der Waals surface area contributed by atoms with Gasteiger partial charge in [0.1, 0.15) is 5.58 Å². The Labute approximate surface area is 156 Å². The first kappa shape index (κ1) is 17.3. The average Bonchev–Trinajstić information content (AvgIpc) is 2.69. The number of amides is 1. The van der Waals surface area contributed by atoms with Gasteiger partial charge < -0.3 is 9.73 Å². The van der Waals surface area contributed by atoms with Crippen molar-refractivity contribution in [1.29, 1.82) is 0 Å². The van der Waals surface area contributed by atoms with Crippen molar-refractivity contribution in [2.24, 2.45) is 0 Å². The van der Waals surface area contributed by atoms with Gasteiger partial charge >= 0.3 is 0 Å². The standard InChI is InChI=1S/C20H11FN2O5/c21-16-3-1-2-15-18(24)14-9-6-12(10-17(14)28-19(15)16)22-20(25)11-4-7-13(8-5-11)23(26)27/h1-10H,(H,22,25). The van der Waals surface area contributed by atoms with E-state index in [1.165, 1.54) is 60.7 Å². The molecule has 0 saturated carbocycles. The molecule has 0 spiro atoms. The molecule has 0 bridgehead atoms. The van der Waals surface area contributed by atoms with Crippen LogP contribution >= 0.6 is 0 Å². The minimum Gasteiger partial charge on any atom is -0.453 e. The van der Waals surface area contributed by atoms with Crippen molar-refractivity contribution in [3.05, 3.63) is 92.4 Å². The summed E-state index contributed by atoms with van der Waals surface area (Å²) in [6.45, 7) is 0. The fourth-order valence-corrected chi connectivity index (χ4v) is 2.86. The van der Waals surface area contributed by atoms with E-state index in [0.29, 0.717) is 5.69 Å². The lowest BCUT2D eigenvalue weighted by Gasteiger charge is -2.07. The lowest BCUT2D eigenvalue weighted by Crippen LogP contribution is -2.12. The van der Waals surface area contributed by atoms with Gasteiger partial charge in [-0.25, -0.2) is 4.39 Å². The summed E-state index contributed by atoms with van der Waals surface area (Å²) in [5, 5.41) is 13.7. The molecule has 1 N–H and O–H groups in total.